The third kappa shape index (κ3) is 9.39. The molecule has 17 nitrogen and oxygen atoms in total. The van der Waals surface area contributed by atoms with Crippen molar-refractivity contribution in [2.45, 2.75) is 86.9 Å². The Morgan fingerprint density at radius 1 is 0.734 bits per heavy atom. The van der Waals surface area contributed by atoms with Crippen molar-refractivity contribution in [3.05, 3.63) is 195 Å². The Morgan fingerprint density at radius 2 is 1.41 bits per heavy atom. The number of piperazine rings is 1. The van der Waals surface area contributed by atoms with E-state index in [1.54, 1.807) is 35.2 Å². The molecule has 0 radical (unpaired) electrons. The third-order valence-electron chi connectivity index (χ3n) is 16.5. The summed E-state index contributed by atoms with van der Waals surface area (Å²) in [5, 5.41) is 34.3. The summed E-state index contributed by atoms with van der Waals surface area (Å²) in [5.41, 5.74) is 0.406. The number of phenols is 1. The van der Waals surface area contributed by atoms with E-state index in [1.165, 1.54) is 36.4 Å². The second-order valence-corrected chi connectivity index (χ2v) is 21.2. The monoisotopic (exact) mass is 1060 g/mol. The summed E-state index contributed by atoms with van der Waals surface area (Å²) >= 11 is 0. The Bertz CT molecular complexity index is 3390. The summed E-state index contributed by atoms with van der Waals surface area (Å²) in [5.74, 6) is 4.00. The number of ether oxygens (including phenoxy) is 4. The first-order valence-electron chi connectivity index (χ1n) is 26.8. The van der Waals surface area contributed by atoms with Crippen molar-refractivity contribution in [3.63, 3.8) is 0 Å². The fourth-order valence-corrected chi connectivity index (χ4v) is 12.8. The van der Waals surface area contributed by atoms with Crippen LogP contribution in [0.15, 0.2) is 146 Å². The van der Waals surface area contributed by atoms with Crippen molar-refractivity contribution in [2.75, 3.05) is 37.9 Å². The molecular weight excluding hydrogens is 1010 g/mol. The van der Waals surface area contributed by atoms with Crippen molar-refractivity contribution < 1.29 is 53.3 Å². The van der Waals surface area contributed by atoms with Gasteiger partial charge >= 0.3 is 12.1 Å². The van der Waals surface area contributed by atoms with Crippen LogP contribution in [0.25, 0.3) is 0 Å². The Morgan fingerprint density at radius 3 is 2.10 bits per heavy atom. The number of morpholine rings is 1. The Labute approximate surface area is 456 Å². The van der Waals surface area contributed by atoms with Gasteiger partial charge in [0.15, 0.2) is 11.5 Å². The molecule has 6 aromatic carbocycles. The number of aromatic hydroxyl groups is 1. The SMILES string of the molecule is O=C1OC(c2ccccc2)C(c2ccccc2)N2C1C(C(=O)N1CCN(Cc3ccc4c(c3)OCO4)CC1)C1(C(=O)N(C(=O)OCc3ccc([N+](=O)[O-])cc3)c3ccc(C#CC4(O)CCCCCC4)cc31)C2c1ccc(O)cc1. The molecule has 1 aliphatic carbocycles. The van der Waals surface area contributed by atoms with E-state index in [-0.39, 0.29) is 49.2 Å². The number of rotatable bonds is 9. The number of fused-ring (bicyclic) bond motifs is 4. The molecule has 6 aromatic rings. The zero-order chi connectivity index (χ0) is 54.4. The lowest BCUT2D eigenvalue weighted by Crippen LogP contribution is -2.59. The molecule has 4 fully saturated rings. The fraction of sp³-hybridized carbons (Fsp3) is 0.323. The molecule has 79 heavy (non-hydrogen) atoms. The predicted molar refractivity (Wildman–Crippen MR) is 287 cm³/mol. The molecule has 0 aromatic heterocycles. The van der Waals surface area contributed by atoms with Gasteiger partial charge in [-0.1, -0.05) is 104 Å². The van der Waals surface area contributed by atoms with E-state index >= 15 is 19.2 Å². The number of amides is 3. The van der Waals surface area contributed by atoms with E-state index in [0.717, 1.165) is 41.7 Å². The maximum absolute atomic E-state index is 16.8. The van der Waals surface area contributed by atoms with Crippen molar-refractivity contribution in [2.24, 2.45) is 5.92 Å². The van der Waals surface area contributed by atoms with Crippen molar-refractivity contribution in [1.29, 1.82) is 0 Å². The van der Waals surface area contributed by atoms with Crippen LogP contribution in [0.3, 0.4) is 0 Å². The summed E-state index contributed by atoms with van der Waals surface area (Å²) in [4.78, 5) is 81.9. The number of cyclic esters (lactones) is 1. The summed E-state index contributed by atoms with van der Waals surface area (Å²) < 4.78 is 23.8. The lowest BCUT2D eigenvalue weighted by molar-refractivity contribution is -0.384. The number of hydrogen-bond acceptors (Lipinski definition) is 14. The van der Waals surface area contributed by atoms with Gasteiger partial charge in [-0.2, -0.15) is 0 Å². The molecule has 402 valence electrons. The molecule has 17 heteroatoms. The van der Waals surface area contributed by atoms with Gasteiger partial charge in [0, 0.05) is 50.4 Å². The lowest BCUT2D eigenvalue weighted by Gasteiger charge is -2.46. The van der Waals surface area contributed by atoms with Crippen LogP contribution in [0, 0.1) is 27.9 Å². The van der Waals surface area contributed by atoms with E-state index in [2.05, 4.69) is 16.7 Å². The largest absolute Gasteiger partial charge is 0.508 e. The zero-order valence-electron chi connectivity index (χ0n) is 43.1. The highest BCUT2D eigenvalue weighted by Crippen LogP contribution is 2.66. The number of hydrogen-bond donors (Lipinski definition) is 2. The minimum absolute atomic E-state index is 0.0676. The van der Waals surface area contributed by atoms with Gasteiger partial charge < -0.3 is 34.1 Å². The van der Waals surface area contributed by atoms with E-state index < -0.39 is 70.0 Å². The van der Waals surface area contributed by atoms with Gasteiger partial charge in [-0.05, 0) is 114 Å². The van der Waals surface area contributed by atoms with Crippen LogP contribution < -0.4 is 14.4 Å². The average molecular weight is 1060 g/mol. The molecule has 5 heterocycles. The number of imide groups is 1. The summed E-state index contributed by atoms with van der Waals surface area (Å²) in [6.07, 6.45) is 2.46. The van der Waals surface area contributed by atoms with E-state index in [0.29, 0.717) is 66.2 Å². The van der Waals surface area contributed by atoms with E-state index in [1.807, 2.05) is 83.8 Å². The number of carbonyl (C=O) groups excluding carboxylic acids is 4. The van der Waals surface area contributed by atoms with Gasteiger partial charge in [0.05, 0.1) is 28.6 Å². The Kier molecular flexibility index (Phi) is 13.6. The number of nitrogens with zero attached hydrogens (tertiary/aromatic N) is 5. The standard InChI is InChI=1S/C62H57N5O12/c68-47-23-19-45(20-24-47)56-62(48-35-40(27-30-61(73)28-9-1-2-10-29-61)17-25-49(48)65(59(62)71)60(72)76-38-41-15-21-46(22-16-41)67(74)75)52(57(69)64-33-31-63(32-34-64)37-42-18-26-50-51(36-42)78-39-77-50)54-58(70)79-55(44-13-7-4-8-14-44)53(66(54)56)43-11-5-3-6-12-43/h3-8,11-26,35-36,52-56,68,73H,1-2,9-10,28-29,31-34,37-39H2. The molecule has 0 bridgehead atoms. The minimum atomic E-state index is -2.13. The van der Waals surface area contributed by atoms with Crippen LogP contribution in [0.4, 0.5) is 16.2 Å². The van der Waals surface area contributed by atoms with Crippen molar-refractivity contribution in [3.8, 4) is 29.1 Å². The van der Waals surface area contributed by atoms with Gasteiger partial charge in [-0.15, -0.1) is 0 Å². The molecule has 3 amide bonds. The number of benzene rings is 6. The second-order valence-electron chi connectivity index (χ2n) is 21.2. The molecule has 6 unspecified atom stereocenters. The highest BCUT2D eigenvalue weighted by molar-refractivity contribution is 6.23. The molecule has 3 saturated heterocycles. The highest BCUT2D eigenvalue weighted by atomic mass is 16.7. The molecule has 1 spiro atoms. The molecular formula is C62H57N5O12. The lowest BCUT2D eigenvalue weighted by atomic mass is 9.64. The molecule has 6 aliphatic rings. The summed E-state index contributed by atoms with van der Waals surface area (Å²) in [6, 6.07) is 37.8. The molecule has 6 atom stereocenters. The highest BCUT2D eigenvalue weighted by Gasteiger charge is 2.76. The van der Waals surface area contributed by atoms with Gasteiger partial charge in [0.25, 0.3) is 5.69 Å². The van der Waals surface area contributed by atoms with E-state index in [4.69, 9.17) is 18.9 Å². The number of esters is 1. The average Bonchev–Trinajstić information content (AvgIpc) is 1.96. The van der Waals surface area contributed by atoms with Crippen LogP contribution in [0.1, 0.15) is 95.7 Å². The molecule has 5 aliphatic heterocycles. The molecule has 12 rings (SSSR count). The number of nitro groups is 1. The zero-order valence-corrected chi connectivity index (χ0v) is 43.1. The van der Waals surface area contributed by atoms with Gasteiger partial charge in [0.1, 0.15) is 35.5 Å². The second kappa shape index (κ2) is 21.0. The first-order chi connectivity index (χ1) is 38.4. The number of carbonyl (C=O) groups is 4. The fourth-order valence-electron chi connectivity index (χ4n) is 12.8. The third-order valence-corrected chi connectivity index (χ3v) is 16.5. The number of nitro benzene ring substituents is 1. The summed E-state index contributed by atoms with van der Waals surface area (Å²) in [7, 11) is 0. The first kappa shape index (κ1) is 51.2. The predicted octanol–water partition coefficient (Wildman–Crippen LogP) is 8.81. The van der Waals surface area contributed by atoms with Crippen LogP contribution in [-0.2, 0) is 42.4 Å². The van der Waals surface area contributed by atoms with Crippen LogP contribution in [-0.4, -0.2) is 98.3 Å². The normalized spacial score (nSPS) is 24.2. The Hall–Kier alpha value is -8.56. The number of non-ortho nitro benzene ring substituents is 1. The van der Waals surface area contributed by atoms with Crippen molar-refractivity contribution in [1.82, 2.24) is 14.7 Å². The maximum Gasteiger partial charge on any atom is 0.421 e. The van der Waals surface area contributed by atoms with Gasteiger partial charge in [-0.3, -0.25) is 34.3 Å². The van der Waals surface area contributed by atoms with E-state index in [9.17, 15) is 20.3 Å². The topological polar surface area (TPSA) is 202 Å². The minimum Gasteiger partial charge on any atom is -0.508 e. The molecule has 1 saturated carbocycles. The van der Waals surface area contributed by atoms with Gasteiger partial charge in [-0.25, -0.2) is 9.69 Å². The van der Waals surface area contributed by atoms with Crippen LogP contribution >= 0.6 is 0 Å². The first-order valence-corrected chi connectivity index (χ1v) is 26.8. The number of aliphatic hydroxyl groups is 1. The Balaban J connectivity index is 1.04. The number of phenolic OH excluding ortho intramolecular Hbond substituents is 1. The van der Waals surface area contributed by atoms with Crippen LogP contribution in [0.2, 0.25) is 0 Å². The van der Waals surface area contributed by atoms with Crippen LogP contribution in [0.5, 0.6) is 17.2 Å². The maximum atomic E-state index is 16.8. The van der Waals surface area contributed by atoms with Crippen molar-refractivity contribution >= 4 is 35.3 Å². The number of anilines is 1. The molecule has 2 N–H and O–H groups in total. The van der Waals surface area contributed by atoms with Gasteiger partial charge in [0.2, 0.25) is 18.6 Å². The quantitative estimate of drug-likeness (QED) is 0.0457. The summed E-state index contributed by atoms with van der Waals surface area (Å²) in [6.45, 7) is 1.66. The smallest absolute Gasteiger partial charge is 0.421 e.